The van der Waals surface area contributed by atoms with E-state index in [0.717, 1.165) is 15.6 Å². The van der Waals surface area contributed by atoms with E-state index in [1.165, 1.54) is 0 Å². The lowest BCUT2D eigenvalue weighted by Crippen LogP contribution is -1.83. The van der Waals surface area contributed by atoms with E-state index in [0.29, 0.717) is 5.76 Å². The van der Waals surface area contributed by atoms with Crippen LogP contribution in [0.3, 0.4) is 0 Å². The van der Waals surface area contributed by atoms with Crippen LogP contribution in [0.1, 0.15) is 5.56 Å². The van der Waals surface area contributed by atoms with Crippen molar-refractivity contribution in [3.05, 3.63) is 40.6 Å². The van der Waals surface area contributed by atoms with Gasteiger partial charge < -0.3 is 9.52 Å². The number of phenols is 1. The number of rotatable bonds is 1. The van der Waals surface area contributed by atoms with Crippen molar-refractivity contribution in [1.82, 2.24) is 0 Å². The molecule has 0 saturated heterocycles. The maximum Gasteiger partial charge on any atom is 0.137 e. The van der Waals surface area contributed by atoms with Crippen molar-refractivity contribution in [2.75, 3.05) is 0 Å². The van der Waals surface area contributed by atoms with Gasteiger partial charge in [-0.05, 0) is 36.8 Å². The molecule has 14 heavy (non-hydrogen) atoms. The smallest absolute Gasteiger partial charge is 0.137 e. The number of hydrogen-bond donors (Lipinski definition) is 1. The van der Waals surface area contributed by atoms with Crippen LogP contribution in [0.5, 0.6) is 5.75 Å². The summed E-state index contributed by atoms with van der Waals surface area (Å²) >= 11 is 3.41. The summed E-state index contributed by atoms with van der Waals surface area (Å²) in [6, 6.07) is 7.09. The van der Waals surface area contributed by atoms with Gasteiger partial charge in [0.05, 0.1) is 11.8 Å². The average molecular weight is 253 g/mol. The van der Waals surface area contributed by atoms with E-state index in [1.807, 2.05) is 19.1 Å². The molecule has 0 saturated carbocycles. The van der Waals surface area contributed by atoms with Crippen molar-refractivity contribution in [3.63, 3.8) is 0 Å². The Bertz CT molecular complexity index is 447. The second-order valence-corrected chi connectivity index (χ2v) is 3.90. The minimum Gasteiger partial charge on any atom is -0.507 e. The van der Waals surface area contributed by atoms with E-state index in [2.05, 4.69) is 15.9 Å². The fraction of sp³-hybridized carbons (Fsp3) is 0.0909. The van der Waals surface area contributed by atoms with Crippen LogP contribution < -0.4 is 0 Å². The summed E-state index contributed by atoms with van der Waals surface area (Å²) < 4.78 is 6.22. The van der Waals surface area contributed by atoms with Crippen molar-refractivity contribution in [1.29, 1.82) is 0 Å². The van der Waals surface area contributed by atoms with E-state index < -0.39 is 0 Å². The molecule has 0 fully saturated rings. The zero-order chi connectivity index (χ0) is 10.1. The van der Waals surface area contributed by atoms with Gasteiger partial charge in [-0.15, -0.1) is 0 Å². The lowest BCUT2D eigenvalue weighted by Gasteiger charge is -2.07. The van der Waals surface area contributed by atoms with Gasteiger partial charge in [-0.1, -0.05) is 15.9 Å². The molecule has 72 valence electrons. The Labute approximate surface area is 90.3 Å². The Morgan fingerprint density at radius 3 is 2.71 bits per heavy atom. The van der Waals surface area contributed by atoms with Gasteiger partial charge in [0.15, 0.2) is 0 Å². The lowest BCUT2D eigenvalue weighted by molar-refractivity contribution is 0.473. The number of aromatic hydroxyl groups is 1. The third kappa shape index (κ3) is 1.44. The van der Waals surface area contributed by atoms with Crippen molar-refractivity contribution in [2.45, 2.75) is 6.92 Å². The van der Waals surface area contributed by atoms with Crippen molar-refractivity contribution in [3.8, 4) is 17.1 Å². The van der Waals surface area contributed by atoms with Crippen LogP contribution >= 0.6 is 15.9 Å². The summed E-state index contributed by atoms with van der Waals surface area (Å²) in [5.41, 5.74) is 1.71. The summed E-state index contributed by atoms with van der Waals surface area (Å²) in [6.45, 7) is 1.93. The molecule has 0 radical (unpaired) electrons. The Kier molecular flexibility index (Phi) is 2.33. The molecule has 0 unspecified atom stereocenters. The van der Waals surface area contributed by atoms with Crippen LogP contribution in [-0.2, 0) is 0 Å². The Balaban J connectivity index is 2.69. The lowest BCUT2D eigenvalue weighted by atomic mass is 10.1. The van der Waals surface area contributed by atoms with E-state index in [9.17, 15) is 5.11 Å². The van der Waals surface area contributed by atoms with Gasteiger partial charge in [-0.3, -0.25) is 0 Å². The van der Waals surface area contributed by atoms with Gasteiger partial charge in [0.25, 0.3) is 0 Å². The van der Waals surface area contributed by atoms with E-state index in [1.54, 1.807) is 18.4 Å². The number of hydrogen-bond acceptors (Lipinski definition) is 2. The Morgan fingerprint density at radius 2 is 2.07 bits per heavy atom. The van der Waals surface area contributed by atoms with Crippen LogP contribution in [-0.4, -0.2) is 5.11 Å². The maximum atomic E-state index is 9.71. The highest BCUT2D eigenvalue weighted by Crippen LogP contribution is 2.36. The molecule has 1 aromatic heterocycles. The molecule has 3 heteroatoms. The van der Waals surface area contributed by atoms with Gasteiger partial charge in [-0.25, -0.2) is 0 Å². The number of benzene rings is 1. The first-order chi connectivity index (χ1) is 6.70. The quantitative estimate of drug-likeness (QED) is 0.840. The second kappa shape index (κ2) is 3.50. The number of phenolic OH excluding ortho intramolecular Hbond substituents is 1. The Hall–Kier alpha value is -1.22. The van der Waals surface area contributed by atoms with Gasteiger partial charge in [0.2, 0.25) is 0 Å². The fourth-order valence-corrected chi connectivity index (χ4v) is 1.73. The zero-order valence-corrected chi connectivity index (χ0v) is 9.21. The summed E-state index contributed by atoms with van der Waals surface area (Å²) in [5, 5.41) is 9.71. The standard InChI is InChI=1S/C11H9BrO2/c1-7-8(12)4-5-9(13)11(7)10-3-2-6-14-10/h2-6,13H,1H3. The van der Waals surface area contributed by atoms with Gasteiger partial charge in [0, 0.05) is 4.47 Å². The van der Waals surface area contributed by atoms with Crippen LogP contribution in [0.4, 0.5) is 0 Å². The molecule has 1 aromatic carbocycles. The van der Waals surface area contributed by atoms with Gasteiger partial charge >= 0.3 is 0 Å². The third-order valence-corrected chi connectivity index (χ3v) is 3.00. The molecule has 0 amide bonds. The summed E-state index contributed by atoms with van der Waals surface area (Å²) in [4.78, 5) is 0. The van der Waals surface area contributed by atoms with Crippen molar-refractivity contribution >= 4 is 15.9 Å². The minimum atomic E-state index is 0.237. The van der Waals surface area contributed by atoms with Gasteiger partial charge in [0.1, 0.15) is 11.5 Å². The summed E-state index contributed by atoms with van der Waals surface area (Å²) in [5.74, 6) is 0.918. The van der Waals surface area contributed by atoms with E-state index >= 15 is 0 Å². The first kappa shape index (κ1) is 9.34. The average Bonchev–Trinajstić information content (AvgIpc) is 2.65. The summed E-state index contributed by atoms with van der Waals surface area (Å²) in [7, 11) is 0. The molecule has 2 nitrogen and oxygen atoms in total. The highest BCUT2D eigenvalue weighted by atomic mass is 79.9. The SMILES string of the molecule is Cc1c(Br)ccc(O)c1-c1ccco1. The highest BCUT2D eigenvalue weighted by Gasteiger charge is 2.12. The molecule has 0 aliphatic carbocycles. The fourth-order valence-electron chi connectivity index (χ4n) is 1.40. The number of halogens is 1. The van der Waals surface area contributed by atoms with Crippen LogP contribution in [0.2, 0.25) is 0 Å². The highest BCUT2D eigenvalue weighted by molar-refractivity contribution is 9.10. The van der Waals surface area contributed by atoms with Crippen LogP contribution in [0.25, 0.3) is 11.3 Å². The van der Waals surface area contributed by atoms with Crippen molar-refractivity contribution in [2.24, 2.45) is 0 Å². The molecular formula is C11H9BrO2. The second-order valence-electron chi connectivity index (χ2n) is 3.04. The predicted octanol–water partition coefficient (Wildman–Crippen LogP) is 3.72. The number of furan rings is 1. The molecule has 0 bridgehead atoms. The van der Waals surface area contributed by atoms with Crippen molar-refractivity contribution < 1.29 is 9.52 Å². The molecule has 0 aliphatic rings. The normalized spacial score (nSPS) is 10.4. The molecule has 1 N–H and O–H groups in total. The van der Waals surface area contributed by atoms with E-state index in [-0.39, 0.29) is 5.75 Å². The van der Waals surface area contributed by atoms with E-state index in [4.69, 9.17) is 4.42 Å². The first-order valence-electron chi connectivity index (χ1n) is 4.22. The first-order valence-corrected chi connectivity index (χ1v) is 5.01. The van der Waals surface area contributed by atoms with Crippen LogP contribution in [0, 0.1) is 6.92 Å². The molecule has 1 heterocycles. The largest absolute Gasteiger partial charge is 0.507 e. The topological polar surface area (TPSA) is 33.4 Å². The molecule has 0 spiro atoms. The third-order valence-electron chi connectivity index (χ3n) is 2.14. The minimum absolute atomic E-state index is 0.237. The molecule has 0 atom stereocenters. The zero-order valence-electron chi connectivity index (χ0n) is 7.62. The Morgan fingerprint density at radius 1 is 1.29 bits per heavy atom. The summed E-state index contributed by atoms with van der Waals surface area (Å²) in [6.07, 6.45) is 1.59. The molecule has 0 aliphatic heterocycles. The van der Waals surface area contributed by atoms with Gasteiger partial charge in [-0.2, -0.15) is 0 Å². The molecule has 2 aromatic rings. The predicted molar refractivity (Wildman–Crippen MR) is 58.2 cm³/mol. The van der Waals surface area contributed by atoms with Crippen LogP contribution in [0.15, 0.2) is 39.4 Å². The maximum absolute atomic E-state index is 9.71. The molecular weight excluding hydrogens is 244 g/mol. The molecule has 2 rings (SSSR count). The monoisotopic (exact) mass is 252 g/mol.